The Bertz CT molecular complexity index is 463. The van der Waals surface area contributed by atoms with Crippen LogP contribution in [0.3, 0.4) is 0 Å². The van der Waals surface area contributed by atoms with E-state index in [0.29, 0.717) is 37.3 Å². The molecule has 0 radical (unpaired) electrons. The van der Waals surface area contributed by atoms with Crippen molar-refractivity contribution in [2.45, 2.75) is 83.5 Å². The molecule has 6 heteroatoms. The highest BCUT2D eigenvalue weighted by Gasteiger charge is 2.35. The quantitative estimate of drug-likeness (QED) is 0.736. The topological polar surface area (TPSA) is 71.0 Å². The lowest BCUT2D eigenvalue weighted by molar-refractivity contribution is -0.0859. The maximum atomic E-state index is 11.1. The average molecular weight is 383 g/mol. The van der Waals surface area contributed by atoms with Gasteiger partial charge in [-0.3, -0.25) is 0 Å². The van der Waals surface area contributed by atoms with E-state index >= 15 is 0 Å². The lowest BCUT2D eigenvalue weighted by Gasteiger charge is -2.41. The number of carbonyl (C=O) groups is 1. The summed E-state index contributed by atoms with van der Waals surface area (Å²) in [6.07, 6.45) is 9.05. The minimum atomic E-state index is -0.786. The highest BCUT2D eigenvalue weighted by molar-refractivity contribution is 5.64. The van der Waals surface area contributed by atoms with Gasteiger partial charge in [0, 0.05) is 13.1 Å². The molecule has 0 aromatic rings. The van der Waals surface area contributed by atoms with E-state index in [0.717, 1.165) is 71.1 Å². The van der Waals surface area contributed by atoms with Gasteiger partial charge in [-0.2, -0.15) is 0 Å². The van der Waals surface area contributed by atoms with Gasteiger partial charge in [0.15, 0.2) is 0 Å². The van der Waals surface area contributed by atoms with Gasteiger partial charge < -0.3 is 24.8 Å². The maximum absolute atomic E-state index is 11.1. The van der Waals surface area contributed by atoms with Crippen molar-refractivity contribution in [2.75, 3.05) is 32.8 Å². The Morgan fingerprint density at radius 3 is 2.11 bits per heavy atom. The van der Waals surface area contributed by atoms with Crippen molar-refractivity contribution >= 4 is 6.09 Å². The molecule has 2 N–H and O–H groups in total. The third-order valence-corrected chi connectivity index (χ3v) is 6.85. The highest BCUT2D eigenvalue weighted by atomic mass is 16.5. The van der Waals surface area contributed by atoms with Crippen molar-refractivity contribution in [1.29, 1.82) is 0 Å². The molecule has 1 aliphatic carbocycles. The monoisotopic (exact) mass is 382 g/mol. The number of carboxylic acid groups (broad SMARTS) is 1. The second kappa shape index (κ2) is 9.57. The zero-order valence-corrected chi connectivity index (χ0v) is 17.1. The molecule has 2 saturated heterocycles. The van der Waals surface area contributed by atoms with E-state index < -0.39 is 6.09 Å². The molecule has 0 spiro atoms. The van der Waals surface area contributed by atoms with Gasteiger partial charge in [-0.15, -0.1) is 0 Å². The van der Waals surface area contributed by atoms with Gasteiger partial charge in [-0.05, 0) is 75.8 Å². The predicted octanol–water partition coefficient (Wildman–Crippen LogP) is 3.50. The summed E-state index contributed by atoms with van der Waals surface area (Å²) in [5.74, 6) is 0.535. The summed E-state index contributed by atoms with van der Waals surface area (Å²) >= 11 is 0. The number of piperidine rings is 2. The second-order valence-electron chi connectivity index (χ2n) is 9.33. The van der Waals surface area contributed by atoms with Gasteiger partial charge in [0.05, 0.1) is 24.9 Å². The zero-order valence-electron chi connectivity index (χ0n) is 17.1. The van der Waals surface area contributed by atoms with E-state index in [1.54, 1.807) is 0 Å². The van der Waals surface area contributed by atoms with Crippen LogP contribution in [0.25, 0.3) is 0 Å². The first kappa shape index (κ1) is 20.9. The number of hydrogen-bond donors (Lipinski definition) is 2. The Morgan fingerprint density at radius 2 is 1.52 bits per heavy atom. The van der Waals surface area contributed by atoms with Crippen LogP contribution in [-0.2, 0) is 9.47 Å². The molecule has 3 aliphatic rings. The van der Waals surface area contributed by atoms with Crippen LogP contribution in [0.15, 0.2) is 0 Å². The lowest BCUT2D eigenvalue weighted by Crippen LogP contribution is -2.43. The molecule has 6 nitrogen and oxygen atoms in total. The molecule has 1 amide bonds. The lowest BCUT2D eigenvalue weighted by atomic mass is 9.74. The molecule has 3 fully saturated rings. The van der Waals surface area contributed by atoms with Crippen molar-refractivity contribution in [2.24, 2.45) is 11.3 Å². The van der Waals surface area contributed by atoms with Gasteiger partial charge in [0.1, 0.15) is 0 Å². The average Bonchev–Trinajstić information content (AvgIpc) is 2.68. The molecule has 156 valence electrons. The molecule has 0 unspecified atom stereocenters. The van der Waals surface area contributed by atoms with Crippen LogP contribution in [0, 0.1) is 11.3 Å². The third kappa shape index (κ3) is 6.06. The van der Waals surface area contributed by atoms with Gasteiger partial charge in [0.25, 0.3) is 0 Å². The fourth-order valence-corrected chi connectivity index (χ4v) is 4.84. The summed E-state index contributed by atoms with van der Waals surface area (Å²) in [5, 5.41) is 12.5. The summed E-state index contributed by atoms with van der Waals surface area (Å²) in [7, 11) is 0. The first-order valence-corrected chi connectivity index (χ1v) is 10.9. The molecule has 0 atom stereocenters. The van der Waals surface area contributed by atoms with Crippen molar-refractivity contribution in [3.8, 4) is 0 Å². The third-order valence-electron chi connectivity index (χ3n) is 6.85. The van der Waals surface area contributed by atoms with Gasteiger partial charge in [0.2, 0.25) is 0 Å². The molecule has 1 saturated carbocycles. The molecule has 27 heavy (non-hydrogen) atoms. The summed E-state index contributed by atoms with van der Waals surface area (Å²) in [6.45, 7) is 8.81. The van der Waals surface area contributed by atoms with Gasteiger partial charge >= 0.3 is 6.09 Å². The van der Waals surface area contributed by atoms with Crippen LogP contribution in [0.4, 0.5) is 4.79 Å². The number of nitrogens with one attached hydrogen (secondary N) is 1. The fourth-order valence-electron chi connectivity index (χ4n) is 4.84. The Hall–Kier alpha value is -0.850. The van der Waals surface area contributed by atoms with Crippen LogP contribution in [0.2, 0.25) is 0 Å². The number of amides is 1. The Balaban J connectivity index is 1.34. The minimum Gasteiger partial charge on any atom is -0.465 e. The first-order valence-electron chi connectivity index (χ1n) is 10.9. The van der Waals surface area contributed by atoms with E-state index in [4.69, 9.17) is 14.6 Å². The van der Waals surface area contributed by atoms with Crippen molar-refractivity contribution in [3.63, 3.8) is 0 Å². The van der Waals surface area contributed by atoms with Crippen molar-refractivity contribution in [3.05, 3.63) is 0 Å². The normalized spacial score (nSPS) is 29.0. The number of rotatable bonds is 6. The second-order valence-corrected chi connectivity index (χ2v) is 9.33. The van der Waals surface area contributed by atoms with Crippen LogP contribution in [0.5, 0.6) is 0 Å². The SMILES string of the molecule is CC(C)(COC1CCC(OC2CCNCC2)CC1)C1CCN(C(=O)O)CC1. The van der Waals surface area contributed by atoms with E-state index in [2.05, 4.69) is 19.2 Å². The summed E-state index contributed by atoms with van der Waals surface area (Å²) in [5.41, 5.74) is 0.104. The standard InChI is InChI=1S/C21H38N2O4/c1-21(2,16-9-13-23(14-10-16)20(24)25)15-26-17-3-5-18(6-4-17)27-19-7-11-22-12-8-19/h16-19,22H,3-15H2,1-2H3,(H,24,25). The molecule has 2 aliphatic heterocycles. The molecule has 0 bridgehead atoms. The molecule has 3 rings (SSSR count). The van der Waals surface area contributed by atoms with E-state index in [9.17, 15) is 4.79 Å². The summed E-state index contributed by atoms with van der Waals surface area (Å²) < 4.78 is 12.6. The summed E-state index contributed by atoms with van der Waals surface area (Å²) in [6, 6.07) is 0. The van der Waals surface area contributed by atoms with Crippen molar-refractivity contribution in [1.82, 2.24) is 10.2 Å². The zero-order chi connectivity index (χ0) is 19.3. The fraction of sp³-hybridized carbons (Fsp3) is 0.952. The largest absolute Gasteiger partial charge is 0.465 e. The molecular weight excluding hydrogens is 344 g/mol. The van der Waals surface area contributed by atoms with Crippen LogP contribution in [-0.4, -0.2) is 67.2 Å². The van der Waals surface area contributed by atoms with Crippen LogP contribution < -0.4 is 5.32 Å². The number of nitrogens with zero attached hydrogens (tertiary/aromatic N) is 1. The Morgan fingerprint density at radius 1 is 0.963 bits per heavy atom. The van der Waals surface area contributed by atoms with Crippen molar-refractivity contribution < 1.29 is 19.4 Å². The minimum absolute atomic E-state index is 0.104. The van der Waals surface area contributed by atoms with Crippen LogP contribution >= 0.6 is 0 Å². The van der Waals surface area contributed by atoms with E-state index in [1.807, 2.05) is 0 Å². The molecule has 0 aromatic heterocycles. The Kier molecular flexibility index (Phi) is 7.40. The first-order chi connectivity index (χ1) is 12.9. The van der Waals surface area contributed by atoms with E-state index in [-0.39, 0.29) is 5.41 Å². The molecular formula is C21H38N2O4. The number of ether oxygens (including phenoxy) is 2. The molecule has 0 aromatic carbocycles. The van der Waals surface area contributed by atoms with Crippen LogP contribution in [0.1, 0.15) is 65.2 Å². The number of hydrogen-bond acceptors (Lipinski definition) is 4. The number of likely N-dealkylation sites (tertiary alicyclic amines) is 1. The Labute approximate surface area is 164 Å². The predicted molar refractivity (Wildman–Crippen MR) is 105 cm³/mol. The highest BCUT2D eigenvalue weighted by Crippen LogP contribution is 2.36. The molecule has 2 heterocycles. The summed E-state index contributed by atoms with van der Waals surface area (Å²) in [4.78, 5) is 12.6. The van der Waals surface area contributed by atoms with Gasteiger partial charge in [-0.25, -0.2) is 4.79 Å². The van der Waals surface area contributed by atoms with Gasteiger partial charge in [-0.1, -0.05) is 13.8 Å². The van der Waals surface area contributed by atoms with E-state index in [1.165, 1.54) is 4.90 Å². The smallest absolute Gasteiger partial charge is 0.407 e. The maximum Gasteiger partial charge on any atom is 0.407 e.